The largest absolute Gasteiger partial charge is 0.308 e. The monoisotopic (exact) mass is 331 g/mol. The maximum Gasteiger partial charge on any atom is 0.259 e. The normalized spacial score (nSPS) is 13.7. The van der Waals surface area contributed by atoms with Crippen LogP contribution in [0, 0.1) is 0 Å². The molecule has 0 radical (unpaired) electrons. The molecule has 0 aliphatic carbocycles. The van der Waals surface area contributed by atoms with Crippen LogP contribution >= 0.6 is 0 Å². The van der Waals surface area contributed by atoms with Gasteiger partial charge in [0.25, 0.3) is 5.91 Å². The van der Waals surface area contributed by atoms with E-state index in [9.17, 15) is 13.2 Å². The summed E-state index contributed by atoms with van der Waals surface area (Å²) in [5, 5.41) is 0. The Bertz CT molecular complexity index is 835. The maximum absolute atomic E-state index is 12.6. The van der Waals surface area contributed by atoms with Crippen molar-refractivity contribution < 1.29 is 13.2 Å². The van der Waals surface area contributed by atoms with Crippen molar-refractivity contribution in [1.82, 2.24) is 4.98 Å². The van der Waals surface area contributed by atoms with Crippen LogP contribution in [0.25, 0.3) is 0 Å². The van der Waals surface area contributed by atoms with Crippen LogP contribution in [0.1, 0.15) is 22.8 Å². The van der Waals surface area contributed by atoms with Gasteiger partial charge in [-0.3, -0.25) is 14.5 Å². The first kappa shape index (κ1) is 15.5. The number of nitrogens with one attached hydrogen (secondary N) is 1. The van der Waals surface area contributed by atoms with Crippen molar-refractivity contribution in [1.29, 1.82) is 0 Å². The second-order valence-electron chi connectivity index (χ2n) is 5.30. The molecule has 6 nitrogen and oxygen atoms in total. The number of pyridine rings is 1. The molecule has 1 aliphatic heterocycles. The van der Waals surface area contributed by atoms with Crippen molar-refractivity contribution in [3.05, 3.63) is 53.9 Å². The van der Waals surface area contributed by atoms with Crippen molar-refractivity contribution in [2.45, 2.75) is 13.3 Å². The van der Waals surface area contributed by atoms with Gasteiger partial charge in [0.1, 0.15) is 0 Å². The Morgan fingerprint density at radius 3 is 2.87 bits per heavy atom. The molecule has 0 fully saturated rings. The molecule has 1 aromatic heterocycles. The van der Waals surface area contributed by atoms with E-state index in [1.165, 1.54) is 6.20 Å². The highest BCUT2D eigenvalue weighted by atomic mass is 32.2. The van der Waals surface area contributed by atoms with Gasteiger partial charge in [-0.05, 0) is 43.2 Å². The number of fused-ring (bicyclic) bond motifs is 1. The first-order valence-corrected chi connectivity index (χ1v) is 9.01. The first-order chi connectivity index (χ1) is 11.0. The molecule has 0 unspecified atom stereocenters. The third kappa shape index (κ3) is 3.19. The summed E-state index contributed by atoms with van der Waals surface area (Å²) in [5.41, 5.74) is 2.76. The lowest BCUT2D eigenvalue weighted by atomic mass is 10.1. The molecule has 1 N–H and O–H groups in total. The molecule has 2 heterocycles. The van der Waals surface area contributed by atoms with Crippen molar-refractivity contribution in [2.24, 2.45) is 0 Å². The first-order valence-electron chi connectivity index (χ1n) is 7.35. The number of rotatable bonds is 4. The fourth-order valence-corrected chi connectivity index (χ4v) is 3.18. The van der Waals surface area contributed by atoms with Gasteiger partial charge in [0, 0.05) is 24.6 Å². The third-order valence-electron chi connectivity index (χ3n) is 3.79. The van der Waals surface area contributed by atoms with E-state index >= 15 is 0 Å². The average Bonchev–Trinajstić information content (AvgIpc) is 2.98. The Hall–Kier alpha value is -2.41. The van der Waals surface area contributed by atoms with Crippen LogP contribution < -0.4 is 9.62 Å². The zero-order valence-corrected chi connectivity index (χ0v) is 13.5. The van der Waals surface area contributed by atoms with Gasteiger partial charge < -0.3 is 4.90 Å². The molecule has 0 spiro atoms. The molecule has 0 atom stereocenters. The molecule has 3 rings (SSSR count). The Morgan fingerprint density at radius 2 is 2.17 bits per heavy atom. The molecular formula is C16H17N3O3S. The van der Waals surface area contributed by atoms with Gasteiger partial charge >= 0.3 is 0 Å². The topological polar surface area (TPSA) is 79.4 Å². The van der Waals surface area contributed by atoms with Crippen LogP contribution in [0.15, 0.2) is 42.7 Å². The minimum absolute atomic E-state index is 0.00240. The predicted molar refractivity (Wildman–Crippen MR) is 89.1 cm³/mol. The molecule has 0 saturated carbocycles. The van der Waals surface area contributed by atoms with Crippen LogP contribution in [-0.4, -0.2) is 31.6 Å². The van der Waals surface area contributed by atoms with E-state index in [0.717, 1.165) is 17.7 Å². The van der Waals surface area contributed by atoms with E-state index in [1.807, 2.05) is 6.07 Å². The maximum atomic E-state index is 12.6. The number of hydrogen-bond donors (Lipinski definition) is 1. The minimum atomic E-state index is -3.34. The SMILES string of the molecule is CCS(=O)(=O)Nc1ccc2c(c1)N(C(=O)c1cccnc1)CC2. The van der Waals surface area contributed by atoms with Crippen LogP contribution in [0.3, 0.4) is 0 Å². The average molecular weight is 331 g/mol. The Balaban J connectivity index is 1.91. The number of benzene rings is 1. The van der Waals surface area contributed by atoms with E-state index < -0.39 is 10.0 Å². The summed E-state index contributed by atoms with van der Waals surface area (Å²) < 4.78 is 25.9. The van der Waals surface area contributed by atoms with Gasteiger partial charge in [-0.1, -0.05) is 6.07 Å². The van der Waals surface area contributed by atoms with E-state index in [4.69, 9.17) is 0 Å². The summed E-state index contributed by atoms with van der Waals surface area (Å²) in [6.07, 6.45) is 3.90. The minimum Gasteiger partial charge on any atom is -0.308 e. The number of anilines is 2. The van der Waals surface area contributed by atoms with Crippen molar-refractivity contribution in [3.8, 4) is 0 Å². The Morgan fingerprint density at radius 1 is 1.35 bits per heavy atom. The van der Waals surface area contributed by atoms with Gasteiger partial charge in [0.05, 0.1) is 17.0 Å². The summed E-state index contributed by atoms with van der Waals surface area (Å²) in [5.74, 6) is -0.130. The van der Waals surface area contributed by atoms with Crippen molar-refractivity contribution >= 4 is 27.3 Å². The van der Waals surface area contributed by atoms with E-state index in [2.05, 4.69) is 9.71 Å². The Labute approximate surface area is 135 Å². The quantitative estimate of drug-likeness (QED) is 0.930. The second-order valence-corrected chi connectivity index (χ2v) is 7.31. The van der Waals surface area contributed by atoms with Gasteiger partial charge in [0.2, 0.25) is 10.0 Å². The molecule has 0 saturated heterocycles. The molecule has 7 heteroatoms. The number of aromatic nitrogens is 1. The smallest absolute Gasteiger partial charge is 0.259 e. The van der Waals surface area contributed by atoms with Crippen LogP contribution in [0.5, 0.6) is 0 Å². The second kappa shape index (κ2) is 6.00. The predicted octanol–water partition coefficient (Wildman–Crippen LogP) is 2.05. The van der Waals surface area contributed by atoms with Crippen LogP contribution in [0.4, 0.5) is 11.4 Å². The number of carbonyl (C=O) groups excluding carboxylic acids is 1. The number of carbonyl (C=O) groups is 1. The fraction of sp³-hybridized carbons (Fsp3) is 0.250. The molecule has 1 aliphatic rings. The summed E-state index contributed by atoms with van der Waals surface area (Å²) >= 11 is 0. The zero-order valence-electron chi connectivity index (χ0n) is 12.7. The lowest BCUT2D eigenvalue weighted by Crippen LogP contribution is -2.29. The summed E-state index contributed by atoms with van der Waals surface area (Å²) in [6, 6.07) is 8.74. The highest BCUT2D eigenvalue weighted by molar-refractivity contribution is 7.92. The molecule has 1 amide bonds. The van der Waals surface area contributed by atoms with Crippen LogP contribution in [0.2, 0.25) is 0 Å². The third-order valence-corrected chi connectivity index (χ3v) is 5.09. The Kier molecular flexibility index (Phi) is 4.04. The summed E-state index contributed by atoms with van der Waals surface area (Å²) in [6.45, 7) is 2.15. The standard InChI is InChI=1S/C16H17N3O3S/c1-2-23(21,22)18-14-6-5-12-7-9-19(15(12)10-14)16(20)13-4-3-8-17-11-13/h3-6,8,10-11,18H,2,7,9H2,1H3. The highest BCUT2D eigenvalue weighted by Gasteiger charge is 2.26. The number of nitrogens with zero attached hydrogens (tertiary/aromatic N) is 2. The summed E-state index contributed by atoms with van der Waals surface area (Å²) in [7, 11) is -3.34. The lowest BCUT2D eigenvalue weighted by Gasteiger charge is -2.18. The molecule has 0 bridgehead atoms. The summed E-state index contributed by atoms with van der Waals surface area (Å²) in [4.78, 5) is 18.2. The number of amides is 1. The molecule has 120 valence electrons. The van der Waals surface area contributed by atoms with Gasteiger partial charge in [-0.15, -0.1) is 0 Å². The lowest BCUT2D eigenvalue weighted by molar-refractivity contribution is 0.0989. The van der Waals surface area contributed by atoms with Gasteiger partial charge in [-0.25, -0.2) is 8.42 Å². The van der Waals surface area contributed by atoms with Crippen LogP contribution in [-0.2, 0) is 16.4 Å². The van der Waals surface area contributed by atoms with E-state index in [1.54, 1.807) is 42.3 Å². The molecule has 1 aromatic carbocycles. The zero-order chi connectivity index (χ0) is 16.4. The fourth-order valence-electron chi connectivity index (χ4n) is 2.55. The molecule has 23 heavy (non-hydrogen) atoms. The van der Waals surface area contributed by atoms with E-state index in [-0.39, 0.29) is 11.7 Å². The number of sulfonamides is 1. The molecule has 2 aromatic rings. The van der Waals surface area contributed by atoms with Crippen molar-refractivity contribution in [3.63, 3.8) is 0 Å². The van der Waals surface area contributed by atoms with Crippen molar-refractivity contribution in [2.75, 3.05) is 21.9 Å². The molecular weight excluding hydrogens is 314 g/mol. The van der Waals surface area contributed by atoms with Gasteiger partial charge in [0.15, 0.2) is 0 Å². The van der Waals surface area contributed by atoms with Gasteiger partial charge in [-0.2, -0.15) is 0 Å². The van der Waals surface area contributed by atoms with E-state index in [0.29, 0.717) is 17.8 Å². The number of hydrogen-bond acceptors (Lipinski definition) is 4. The highest BCUT2D eigenvalue weighted by Crippen LogP contribution is 2.32.